The Morgan fingerprint density at radius 3 is 1.95 bits per heavy atom. The number of aromatic nitrogens is 3. The van der Waals surface area contributed by atoms with Crippen molar-refractivity contribution >= 4 is 43.5 Å². The fourth-order valence-corrected chi connectivity index (χ4v) is 5.84. The molecule has 0 fully saturated rings. The average Bonchev–Trinajstić information content (AvgIpc) is 3.04. The molecule has 0 amide bonds. The van der Waals surface area contributed by atoms with Gasteiger partial charge in [-0.1, -0.05) is 97.1 Å². The molecule has 0 radical (unpaired) electrons. The van der Waals surface area contributed by atoms with E-state index in [1.807, 2.05) is 30.6 Å². The molecule has 0 aliphatic heterocycles. The van der Waals surface area contributed by atoms with Gasteiger partial charge in [-0.3, -0.25) is 9.97 Å². The number of hydrogen-bond donors (Lipinski definition) is 0. The van der Waals surface area contributed by atoms with Crippen LogP contribution in [0.1, 0.15) is 0 Å². The Bertz CT molecular complexity index is 2200. The van der Waals surface area contributed by atoms with Crippen molar-refractivity contribution in [2.24, 2.45) is 0 Å². The van der Waals surface area contributed by atoms with Gasteiger partial charge in [0.25, 0.3) is 0 Å². The Morgan fingerprint density at radius 1 is 0.425 bits per heavy atom. The molecular weight excluding hydrogens is 486 g/mol. The van der Waals surface area contributed by atoms with Crippen molar-refractivity contribution in [1.29, 1.82) is 0 Å². The highest BCUT2D eigenvalue weighted by molar-refractivity contribution is 6.14. The van der Waals surface area contributed by atoms with E-state index in [4.69, 9.17) is 9.97 Å². The highest BCUT2D eigenvalue weighted by atomic mass is 14.7. The fraction of sp³-hybridized carbons (Fsp3) is 0. The van der Waals surface area contributed by atoms with Crippen LogP contribution in [-0.4, -0.2) is 15.0 Å². The largest absolute Gasteiger partial charge is 0.254 e. The van der Waals surface area contributed by atoms with Crippen molar-refractivity contribution in [3.8, 4) is 33.5 Å². The minimum Gasteiger partial charge on any atom is -0.254 e. The maximum Gasteiger partial charge on any atom is 0.0970 e. The number of fused-ring (bicyclic) bond motifs is 6. The lowest BCUT2D eigenvalue weighted by atomic mass is 9.92. The van der Waals surface area contributed by atoms with Crippen LogP contribution in [-0.2, 0) is 0 Å². The molecule has 3 nitrogen and oxygen atoms in total. The zero-order chi connectivity index (χ0) is 26.5. The SMILES string of the molecule is c1ccc(-c2cc(-c3ccc(-c4cc5cccnc5c5ncccc45)cc3)c3c(ccc4ccccc43)n2)cc1. The van der Waals surface area contributed by atoms with E-state index in [1.54, 1.807) is 0 Å². The van der Waals surface area contributed by atoms with E-state index in [0.29, 0.717) is 0 Å². The third-order valence-electron chi connectivity index (χ3n) is 7.74. The maximum atomic E-state index is 5.10. The van der Waals surface area contributed by atoms with Gasteiger partial charge in [0.15, 0.2) is 0 Å². The van der Waals surface area contributed by atoms with E-state index in [9.17, 15) is 0 Å². The number of rotatable bonds is 3. The van der Waals surface area contributed by atoms with Gasteiger partial charge in [0, 0.05) is 34.1 Å². The lowest BCUT2D eigenvalue weighted by Gasteiger charge is -2.14. The van der Waals surface area contributed by atoms with Gasteiger partial charge >= 0.3 is 0 Å². The summed E-state index contributed by atoms with van der Waals surface area (Å²) in [5, 5.41) is 5.80. The van der Waals surface area contributed by atoms with Crippen LogP contribution < -0.4 is 0 Å². The smallest absolute Gasteiger partial charge is 0.0970 e. The molecule has 0 atom stereocenters. The zero-order valence-corrected chi connectivity index (χ0v) is 21.6. The Kier molecular flexibility index (Phi) is 5.14. The molecule has 3 heteroatoms. The standard InChI is InChI=1S/C37H23N3/c1-2-9-27(10-3-1)34-23-32(35-29-12-5-4-8-24(29)18-19-33(35)40-34)26-16-14-25(15-17-26)31-22-28-11-6-20-38-36(28)37-30(31)13-7-21-39-37/h1-23H. The lowest BCUT2D eigenvalue weighted by molar-refractivity contribution is 1.37. The molecule has 3 aromatic heterocycles. The van der Waals surface area contributed by atoms with Gasteiger partial charge in [0.2, 0.25) is 0 Å². The molecule has 186 valence electrons. The highest BCUT2D eigenvalue weighted by Crippen LogP contribution is 2.38. The first kappa shape index (κ1) is 22.6. The molecule has 0 bridgehead atoms. The predicted molar refractivity (Wildman–Crippen MR) is 166 cm³/mol. The summed E-state index contributed by atoms with van der Waals surface area (Å²) in [5.74, 6) is 0. The third kappa shape index (κ3) is 3.63. The monoisotopic (exact) mass is 509 g/mol. The van der Waals surface area contributed by atoms with Crippen molar-refractivity contribution in [3.63, 3.8) is 0 Å². The molecule has 5 aromatic carbocycles. The molecule has 0 aliphatic carbocycles. The predicted octanol–water partition coefficient (Wildman–Crippen LogP) is 9.49. The Morgan fingerprint density at radius 2 is 1.10 bits per heavy atom. The van der Waals surface area contributed by atoms with Gasteiger partial charge in [-0.05, 0) is 63.4 Å². The van der Waals surface area contributed by atoms with Crippen LogP contribution in [0, 0.1) is 0 Å². The first-order valence-corrected chi connectivity index (χ1v) is 13.4. The lowest BCUT2D eigenvalue weighted by Crippen LogP contribution is -1.92. The van der Waals surface area contributed by atoms with Crippen LogP contribution in [0.2, 0.25) is 0 Å². The molecule has 8 rings (SSSR count). The summed E-state index contributed by atoms with van der Waals surface area (Å²) >= 11 is 0. The minimum atomic E-state index is 0.929. The molecule has 0 aliphatic rings. The molecule has 0 saturated heterocycles. The van der Waals surface area contributed by atoms with Crippen molar-refractivity contribution in [2.45, 2.75) is 0 Å². The number of nitrogens with zero attached hydrogens (tertiary/aromatic N) is 3. The maximum absolute atomic E-state index is 5.10. The molecule has 0 spiro atoms. The molecule has 40 heavy (non-hydrogen) atoms. The Labute approximate surface area is 231 Å². The summed E-state index contributed by atoms with van der Waals surface area (Å²) in [4.78, 5) is 14.4. The van der Waals surface area contributed by atoms with Crippen LogP contribution in [0.5, 0.6) is 0 Å². The van der Waals surface area contributed by atoms with E-state index in [0.717, 1.165) is 55.3 Å². The average molecular weight is 510 g/mol. The van der Waals surface area contributed by atoms with Gasteiger partial charge in [0.05, 0.1) is 22.2 Å². The summed E-state index contributed by atoms with van der Waals surface area (Å²) in [7, 11) is 0. The molecule has 8 aromatic rings. The van der Waals surface area contributed by atoms with Gasteiger partial charge in [-0.15, -0.1) is 0 Å². The number of pyridine rings is 3. The van der Waals surface area contributed by atoms with Crippen LogP contribution in [0.15, 0.2) is 140 Å². The summed E-state index contributed by atoms with van der Waals surface area (Å²) in [6.07, 6.45) is 3.67. The van der Waals surface area contributed by atoms with E-state index in [-0.39, 0.29) is 0 Å². The third-order valence-corrected chi connectivity index (χ3v) is 7.74. The van der Waals surface area contributed by atoms with Gasteiger partial charge < -0.3 is 0 Å². The second-order valence-corrected chi connectivity index (χ2v) is 10.1. The molecule has 0 unspecified atom stereocenters. The number of hydrogen-bond acceptors (Lipinski definition) is 3. The minimum absolute atomic E-state index is 0.929. The van der Waals surface area contributed by atoms with Gasteiger partial charge in [-0.2, -0.15) is 0 Å². The van der Waals surface area contributed by atoms with Crippen LogP contribution in [0.3, 0.4) is 0 Å². The van der Waals surface area contributed by atoms with Crippen LogP contribution in [0.4, 0.5) is 0 Å². The van der Waals surface area contributed by atoms with Gasteiger partial charge in [0.1, 0.15) is 0 Å². The molecule has 3 heterocycles. The van der Waals surface area contributed by atoms with Crippen LogP contribution in [0.25, 0.3) is 77.0 Å². The molecule has 0 N–H and O–H groups in total. The summed E-state index contributed by atoms with van der Waals surface area (Å²) in [6, 6.07) is 44.9. The first-order valence-electron chi connectivity index (χ1n) is 13.4. The first-order chi connectivity index (χ1) is 19.8. The Hall–Kier alpha value is -5.41. The van der Waals surface area contributed by atoms with Crippen molar-refractivity contribution in [2.75, 3.05) is 0 Å². The van der Waals surface area contributed by atoms with E-state index >= 15 is 0 Å². The summed E-state index contributed by atoms with van der Waals surface area (Å²) in [5.41, 5.74) is 9.60. The normalized spacial score (nSPS) is 11.5. The summed E-state index contributed by atoms with van der Waals surface area (Å²) < 4.78 is 0. The molecular formula is C37H23N3. The highest BCUT2D eigenvalue weighted by Gasteiger charge is 2.14. The second kappa shape index (κ2) is 9.11. The number of benzene rings is 5. The Balaban J connectivity index is 1.35. The van der Waals surface area contributed by atoms with E-state index < -0.39 is 0 Å². The molecule has 0 saturated carbocycles. The van der Waals surface area contributed by atoms with E-state index in [1.165, 1.54) is 21.7 Å². The quantitative estimate of drug-likeness (QED) is 0.223. The zero-order valence-electron chi connectivity index (χ0n) is 21.6. The van der Waals surface area contributed by atoms with E-state index in [2.05, 4.69) is 114 Å². The van der Waals surface area contributed by atoms with Crippen molar-refractivity contribution < 1.29 is 0 Å². The summed E-state index contributed by atoms with van der Waals surface area (Å²) in [6.45, 7) is 0. The second-order valence-electron chi connectivity index (χ2n) is 10.1. The van der Waals surface area contributed by atoms with Gasteiger partial charge in [-0.25, -0.2) is 4.98 Å². The van der Waals surface area contributed by atoms with Crippen LogP contribution >= 0.6 is 0 Å². The fourth-order valence-electron chi connectivity index (χ4n) is 5.84. The van der Waals surface area contributed by atoms with Crippen molar-refractivity contribution in [1.82, 2.24) is 15.0 Å². The topological polar surface area (TPSA) is 38.7 Å². The van der Waals surface area contributed by atoms with Crippen molar-refractivity contribution in [3.05, 3.63) is 140 Å².